The highest BCUT2D eigenvalue weighted by molar-refractivity contribution is 5.84. The molecule has 0 aromatic heterocycles. The second-order valence-electron chi connectivity index (χ2n) is 3.85. The van der Waals surface area contributed by atoms with Crippen molar-refractivity contribution in [2.75, 3.05) is 19.6 Å². The summed E-state index contributed by atoms with van der Waals surface area (Å²) in [6.07, 6.45) is 0. The van der Waals surface area contributed by atoms with E-state index < -0.39 is 0 Å². The summed E-state index contributed by atoms with van der Waals surface area (Å²) in [4.78, 5) is 6.66. The molecule has 15 heavy (non-hydrogen) atoms. The number of aliphatic imine (C=N–C) groups is 1. The van der Waals surface area contributed by atoms with Gasteiger partial charge in [-0.3, -0.25) is 4.99 Å². The molecule has 0 amide bonds. The molecule has 1 unspecified atom stereocenters. The lowest BCUT2D eigenvalue weighted by Crippen LogP contribution is -2.28. The molecule has 0 bridgehead atoms. The minimum Gasteiger partial charge on any atom is -0.354 e. The van der Waals surface area contributed by atoms with E-state index in [0.717, 1.165) is 31.2 Å². The van der Waals surface area contributed by atoms with Crippen LogP contribution in [0, 0.1) is 5.82 Å². The number of hydrogen-bond donors (Lipinski definition) is 1. The highest BCUT2D eigenvalue weighted by atomic mass is 19.1. The normalized spacial score (nSPS) is 23.7. The van der Waals surface area contributed by atoms with Gasteiger partial charge in [-0.25, -0.2) is 4.39 Å². The standard InChI is InChI=1S/C11H12FN3/c12-9-3-1-8(2-4-9)10-7-14-11-13-5-6-15(10)11/h1-4,10H,5-7H2,(H,13,14). The minimum absolute atomic E-state index is 0.183. The molecular weight excluding hydrogens is 193 g/mol. The van der Waals surface area contributed by atoms with Crippen molar-refractivity contribution in [2.24, 2.45) is 4.99 Å². The largest absolute Gasteiger partial charge is 0.354 e. The van der Waals surface area contributed by atoms with E-state index in [4.69, 9.17) is 0 Å². The Kier molecular flexibility index (Phi) is 1.87. The predicted molar refractivity (Wildman–Crippen MR) is 56.2 cm³/mol. The average molecular weight is 205 g/mol. The van der Waals surface area contributed by atoms with Crippen molar-refractivity contribution < 1.29 is 4.39 Å². The number of guanidine groups is 1. The lowest BCUT2D eigenvalue weighted by Gasteiger charge is -2.21. The first-order chi connectivity index (χ1) is 7.34. The molecule has 4 heteroatoms. The van der Waals surface area contributed by atoms with Crippen molar-refractivity contribution >= 4 is 5.96 Å². The van der Waals surface area contributed by atoms with E-state index in [2.05, 4.69) is 15.2 Å². The summed E-state index contributed by atoms with van der Waals surface area (Å²) in [5.74, 6) is 0.807. The summed E-state index contributed by atoms with van der Waals surface area (Å²) in [5, 5.41) is 3.23. The molecule has 3 rings (SSSR count). The van der Waals surface area contributed by atoms with Gasteiger partial charge in [0.05, 0.1) is 12.6 Å². The van der Waals surface area contributed by atoms with Crippen molar-refractivity contribution in [3.63, 3.8) is 0 Å². The van der Waals surface area contributed by atoms with Gasteiger partial charge in [-0.1, -0.05) is 12.1 Å². The van der Waals surface area contributed by atoms with Gasteiger partial charge in [-0.05, 0) is 17.7 Å². The Morgan fingerprint density at radius 1 is 1.33 bits per heavy atom. The Bertz CT molecular complexity index is 399. The van der Waals surface area contributed by atoms with Gasteiger partial charge in [-0.15, -0.1) is 0 Å². The Morgan fingerprint density at radius 2 is 2.13 bits per heavy atom. The fourth-order valence-corrected chi connectivity index (χ4v) is 2.19. The third kappa shape index (κ3) is 1.37. The first-order valence-corrected chi connectivity index (χ1v) is 5.15. The van der Waals surface area contributed by atoms with Gasteiger partial charge in [-0.2, -0.15) is 0 Å². The molecule has 78 valence electrons. The number of nitrogens with one attached hydrogen (secondary N) is 1. The van der Waals surface area contributed by atoms with Crippen LogP contribution in [0.2, 0.25) is 0 Å². The number of halogens is 1. The van der Waals surface area contributed by atoms with Crippen LogP contribution in [0.25, 0.3) is 0 Å². The van der Waals surface area contributed by atoms with Crippen LogP contribution in [-0.4, -0.2) is 30.5 Å². The maximum absolute atomic E-state index is 12.8. The zero-order valence-corrected chi connectivity index (χ0v) is 8.28. The van der Waals surface area contributed by atoms with Gasteiger partial charge in [0.15, 0.2) is 5.96 Å². The molecule has 2 heterocycles. The zero-order valence-electron chi connectivity index (χ0n) is 8.28. The van der Waals surface area contributed by atoms with E-state index in [1.54, 1.807) is 0 Å². The number of benzene rings is 1. The van der Waals surface area contributed by atoms with E-state index in [1.807, 2.05) is 12.1 Å². The monoisotopic (exact) mass is 205 g/mol. The van der Waals surface area contributed by atoms with Crippen LogP contribution in [-0.2, 0) is 0 Å². The smallest absolute Gasteiger partial charge is 0.194 e. The first kappa shape index (κ1) is 8.71. The zero-order chi connectivity index (χ0) is 10.3. The van der Waals surface area contributed by atoms with Gasteiger partial charge in [0.2, 0.25) is 0 Å². The minimum atomic E-state index is -0.183. The number of hydrogen-bond acceptors (Lipinski definition) is 3. The molecule has 1 fully saturated rings. The Hall–Kier alpha value is -1.58. The molecule has 2 aliphatic rings. The van der Waals surface area contributed by atoms with Crippen LogP contribution in [0.3, 0.4) is 0 Å². The fourth-order valence-electron chi connectivity index (χ4n) is 2.19. The van der Waals surface area contributed by atoms with Crippen LogP contribution in [0.1, 0.15) is 11.6 Å². The number of nitrogens with zero attached hydrogens (tertiary/aromatic N) is 2. The molecule has 0 aliphatic carbocycles. The van der Waals surface area contributed by atoms with Crippen molar-refractivity contribution in [3.8, 4) is 0 Å². The lowest BCUT2D eigenvalue weighted by molar-refractivity contribution is 0.381. The van der Waals surface area contributed by atoms with Crippen LogP contribution < -0.4 is 5.32 Å². The van der Waals surface area contributed by atoms with Crippen LogP contribution >= 0.6 is 0 Å². The summed E-state index contributed by atoms with van der Waals surface area (Å²) < 4.78 is 12.8. The highest BCUT2D eigenvalue weighted by Gasteiger charge is 2.31. The molecule has 1 aromatic rings. The van der Waals surface area contributed by atoms with Crippen LogP contribution in [0.15, 0.2) is 29.3 Å². The molecule has 1 saturated heterocycles. The number of fused-ring (bicyclic) bond motifs is 1. The molecular formula is C11H12FN3. The van der Waals surface area contributed by atoms with Crippen molar-refractivity contribution in [2.45, 2.75) is 6.04 Å². The van der Waals surface area contributed by atoms with Gasteiger partial charge in [0.25, 0.3) is 0 Å². The number of rotatable bonds is 1. The summed E-state index contributed by atoms with van der Waals surface area (Å²) in [7, 11) is 0. The molecule has 0 spiro atoms. The average Bonchev–Trinajstić information content (AvgIpc) is 2.80. The summed E-state index contributed by atoms with van der Waals surface area (Å²) in [6.45, 7) is 2.71. The second kappa shape index (κ2) is 3.22. The molecule has 3 nitrogen and oxygen atoms in total. The maximum atomic E-state index is 12.8. The molecule has 2 aliphatic heterocycles. The molecule has 0 radical (unpaired) electrons. The van der Waals surface area contributed by atoms with Gasteiger partial charge in [0.1, 0.15) is 5.82 Å². The third-order valence-corrected chi connectivity index (χ3v) is 2.95. The molecule has 1 atom stereocenters. The fraction of sp³-hybridized carbons (Fsp3) is 0.364. The summed E-state index contributed by atoms with van der Waals surface area (Å²) >= 11 is 0. The maximum Gasteiger partial charge on any atom is 0.194 e. The Balaban J connectivity index is 1.87. The van der Waals surface area contributed by atoms with E-state index in [-0.39, 0.29) is 11.9 Å². The Morgan fingerprint density at radius 3 is 2.93 bits per heavy atom. The van der Waals surface area contributed by atoms with Crippen LogP contribution in [0.4, 0.5) is 4.39 Å². The van der Waals surface area contributed by atoms with Crippen molar-refractivity contribution in [3.05, 3.63) is 35.6 Å². The van der Waals surface area contributed by atoms with Gasteiger partial charge < -0.3 is 10.2 Å². The van der Waals surface area contributed by atoms with Gasteiger partial charge in [0, 0.05) is 13.1 Å². The van der Waals surface area contributed by atoms with E-state index in [1.165, 1.54) is 12.1 Å². The van der Waals surface area contributed by atoms with E-state index >= 15 is 0 Å². The van der Waals surface area contributed by atoms with Gasteiger partial charge >= 0.3 is 0 Å². The lowest BCUT2D eigenvalue weighted by atomic mass is 10.1. The van der Waals surface area contributed by atoms with Crippen molar-refractivity contribution in [1.29, 1.82) is 0 Å². The van der Waals surface area contributed by atoms with Crippen LogP contribution in [0.5, 0.6) is 0 Å². The van der Waals surface area contributed by atoms with E-state index in [0.29, 0.717) is 0 Å². The second-order valence-corrected chi connectivity index (χ2v) is 3.85. The quantitative estimate of drug-likeness (QED) is 0.744. The third-order valence-electron chi connectivity index (χ3n) is 2.95. The van der Waals surface area contributed by atoms with Crippen molar-refractivity contribution in [1.82, 2.24) is 10.2 Å². The molecule has 1 aromatic carbocycles. The van der Waals surface area contributed by atoms with E-state index in [9.17, 15) is 4.39 Å². The highest BCUT2D eigenvalue weighted by Crippen LogP contribution is 2.27. The topological polar surface area (TPSA) is 27.6 Å². The molecule has 1 N–H and O–H groups in total. The first-order valence-electron chi connectivity index (χ1n) is 5.15. The molecule has 0 saturated carbocycles. The summed E-state index contributed by atoms with van der Waals surface area (Å²) in [6, 6.07) is 7.00. The Labute approximate surface area is 87.6 Å². The summed E-state index contributed by atoms with van der Waals surface area (Å²) in [5.41, 5.74) is 1.14. The predicted octanol–water partition coefficient (Wildman–Crippen LogP) is 1.14. The SMILES string of the molecule is Fc1ccc(C2CN=C3NCCN32)cc1.